The smallest absolute Gasteiger partial charge is 0.247 e. The molecule has 1 amide bonds. The van der Waals surface area contributed by atoms with Gasteiger partial charge in [-0.1, -0.05) is 36.4 Å². The van der Waals surface area contributed by atoms with Crippen molar-refractivity contribution in [3.63, 3.8) is 0 Å². The molecule has 0 aliphatic carbocycles. The van der Waals surface area contributed by atoms with E-state index in [0.717, 1.165) is 5.56 Å². The van der Waals surface area contributed by atoms with Gasteiger partial charge in [0.05, 0.1) is 12.6 Å². The topological polar surface area (TPSA) is 29.5 Å². The Labute approximate surface area is 95.3 Å². The van der Waals surface area contributed by atoms with Crippen LogP contribution in [0, 0.1) is 0 Å². The van der Waals surface area contributed by atoms with Crippen LogP contribution in [0.4, 0.5) is 0 Å². The summed E-state index contributed by atoms with van der Waals surface area (Å²) in [7, 11) is 1.66. The molecule has 1 aliphatic rings. The number of hydrogen-bond acceptors (Lipinski definition) is 2. The van der Waals surface area contributed by atoms with Crippen LogP contribution in [0.3, 0.4) is 0 Å². The Balaban J connectivity index is 2.21. The van der Waals surface area contributed by atoms with Crippen LogP contribution in [0.2, 0.25) is 0 Å². The first-order valence-corrected chi connectivity index (χ1v) is 5.34. The fourth-order valence-corrected chi connectivity index (χ4v) is 1.93. The highest BCUT2D eigenvalue weighted by atomic mass is 16.5. The molecule has 0 radical (unpaired) electrons. The first-order chi connectivity index (χ1) is 7.83. The zero-order valence-corrected chi connectivity index (χ0v) is 9.30. The number of carbonyl (C=O) groups excluding carboxylic acids is 1. The van der Waals surface area contributed by atoms with Crippen LogP contribution < -0.4 is 0 Å². The van der Waals surface area contributed by atoms with Crippen LogP contribution >= 0.6 is 0 Å². The minimum absolute atomic E-state index is 0.00806. The molecule has 2 rings (SSSR count). The maximum absolute atomic E-state index is 11.6. The monoisotopic (exact) mass is 217 g/mol. The minimum Gasteiger partial charge on any atom is -0.382 e. The second kappa shape index (κ2) is 4.94. The Kier molecular flexibility index (Phi) is 3.37. The molecule has 0 aromatic heterocycles. The van der Waals surface area contributed by atoms with Gasteiger partial charge in [-0.2, -0.15) is 0 Å². The maximum atomic E-state index is 11.6. The molecule has 3 nitrogen and oxygen atoms in total. The van der Waals surface area contributed by atoms with Gasteiger partial charge in [0.1, 0.15) is 0 Å². The first kappa shape index (κ1) is 10.9. The average Bonchev–Trinajstić information content (AvgIpc) is 2.73. The van der Waals surface area contributed by atoms with Gasteiger partial charge in [0.25, 0.3) is 0 Å². The third kappa shape index (κ3) is 2.14. The van der Waals surface area contributed by atoms with Crippen molar-refractivity contribution in [3.8, 4) is 0 Å². The van der Waals surface area contributed by atoms with E-state index < -0.39 is 0 Å². The molecule has 1 aromatic carbocycles. The van der Waals surface area contributed by atoms with Crippen molar-refractivity contribution in [2.24, 2.45) is 0 Å². The van der Waals surface area contributed by atoms with Gasteiger partial charge in [0, 0.05) is 19.7 Å². The number of benzene rings is 1. The van der Waals surface area contributed by atoms with Crippen LogP contribution in [0.5, 0.6) is 0 Å². The Morgan fingerprint density at radius 2 is 2.12 bits per heavy atom. The van der Waals surface area contributed by atoms with Gasteiger partial charge in [-0.3, -0.25) is 4.79 Å². The van der Waals surface area contributed by atoms with Crippen molar-refractivity contribution >= 4 is 5.91 Å². The van der Waals surface area contributed by atoms with Gasteiger partial charge in [0.2, 0.25) is 5.91 Å². The van der Waals surface area contributed by atoms with Gasteiger partial charge in [-0.25, -0.2) is 0 Å². The molecule has 0 N–H and O–H groups in total. The van der Waals surface area contributed by atoms with E-state index in [2.05, 4.69) is 0 Å². The predicted molar refractivity (Wildman–Crippen MR) is 61.9 cm³/mol. The van der Waals surface area contributed by atoms with E-state index >= 15 is 0 Å². The maximum Gasteiger partial charge on any atom is 0.247 e. The molecule has 16 heavy (non-hydrogen) atoms. The summed E-state index contributed by atoms with van der Waals surface area (Å²) in [5.41, 5.74) is 1.11. The largest absolute Gasteiger partial charge is 0.382 e. The summed E-state index contributed by atoms with van der Waals surface area (Å²) < 4.78 is 5.20. The zero-order chi connectivity index (χ0) is 11.4. The molecule has 0 saturated heterocycles. The number of rotatable bonds is 4. The van der Waals surface area contributed by atoms with Gasteiger partial charge in [-0.15, -0.1) is 0 Å². The van der Waals surface area contributed by atoms with Gasteiger partial charge in [0.15, 0.2) is 0 Å². The zero-order valence-electron chi connectivity index (χ0n) is 9.30. The van der Waals surface area contributed by atoms with Gasteiger partial charge < -0.3 is 9.64 Å². The average molecular weight is 217 g/mol. The lowest BCUT2D eigenvalue weighted by atomic mass is 10.1. The molecular formula is C13H15NO2. The van der Waals surface area contributed by atoms with Crippen LogP contribution in [0.1, 0.15) is 11.6 Å². The van der Waals surface area contributed by atoms with E-state index in [-0.39, 0.29) is 11.9 Å². The van der Waals surface area contributed by atoms with Crippen LogP contribution in [0.25, 0.3) is 0 Å². The quantitative estimate of drug-likeness (QED) is 0.769. The number of methoxy groups -OCH3 is 1. The minimum atomic E-state index is 0.00806. The highest BCUT2D eigenvalue weighted by Crippen LogP contribution is 2.23. The first-order valence-electron chi connectivity index (χ1n) is 5.34. The summed E-state index contributed by atoms with van der Waals surface area (Å²) in [5, 5.41) is 0. The molecule has 1 atom stereocenters. The number of amides is 1. The molecule has 1 heterocycles. The lowest BCUT2D eigenvalue weighted by Crippen LogP contribution is -2.33. The predicted octanol–water partition coefficient (Wildman–Crippen LogP) is 1.77. The van der Waals surface area contributed by atoms with E-state index in [1.807, 2.05) is 41.3 Å². The summed E-state index contributed by atoms with van der Waals surface area (Å²) in [6, 6.07) is 9.98. The van der Waals surface area contributed by atoms with E-state index in [9.17, 15) is 4.79 Å². The Morgan fingerprint density at radius 3 is 2.69 bits per heavy atom. The van der Waals surface area contributed by atoms with Crippen LogP contribution in [-0.2, 0) is 9.53 Å². The third-order valence-electron chi connectivity index (χ3n) is 2.73. The fraction of sp³-hybridized carbons (Fsp3) is 0.308. The Bertz CT molecular complexity index is 386. The number of carbonyl (C=O) groups is 1. The molecule has 0 saturated carbocycles. The number of nitrogens with zero attached hydrogens (tertiary/aromatic N) is 1. The fourth-order valence-electron chi connectivity index (χ4n) is 1.93. The molecular weight excluding hydrogens is 202 g/mol. The lowest BCUT2D eigenvalue weighted by Gasteiger charge is -2.27. The van der Waals surface area contributed by atoms with Crippen molar-refractivity contribution in [1.82, 2.24) is 4.90 Å². The number of ether oxygens (including phenoxy) is 1. The molecule has 1 aliphatic heterocycles. The summed E-state index contributed by atoms with van der Waals surface area (Å²) in [6.45, 7) is 1.19. The van der Waals surface area contributed by atoms with Crippen LogP contribution in [0.15, 0.2) is 42.5 Å². The normalized spacial score (nSPS) is 16.8. The molecule has 0 bridgehead atoms. The molecule has 1 aromatic rings. The molecule has 84 valence electrons. The van der Waals surface area contributed by atoms with Crippen molar-refractivity contribution in [1.29, 1.82) is 0 Å². The lowest BCUT2D eigenvalue weighted by molar-refractivity contribution is -0.127. The summed E-state index contributed by atoms with van der Waals surface area (Å²) in [6.07, 6.45) is 3.50. The Hall–Kier alpha value is -1.61. The van der Waals surface area contributed by atoms with E-state index in [1.54, 1.807) is 13.2 Å². The van der Waals surface area contributed by atoms with Crippen molar-refractivity contribution in [3.05, 3.63) is 48.0 Å². The highest BCUT2D eigenvalue weighted by Gasteiger charge is 2.25. The highest BCUT2D eigenvalue weighted by molar-refractivity contribution is 5.90. The molecule has 0 fully saturated rings. The Morgan fingerprint density at radius 1 is 1.38 bits per heavy atom. The van der Waals surface area contributed by atoms with Gasteiger partial charge in [-0.05, 0) is 5.56 Å². The second-order valence-electron chi connectivity index (χ2n) is 3.77. The van der Waals surface area contributed by atoms with Crippen LogP contribution in [-0.4, -0.2) is 31.1 Å². The second-order valence-corrected chi connectivity index (χ2v) is 3.77. The molecule has 3 heteroatoms. The van der Waals surface area contributed by atoms with E-state index in [0.29, 0.717) is 13.2 Å². The summed E-state index contributed by atoms with van der Waals surface area (Å²) in [5.74, 6) is 0.0610. The standard InChI is InChI=1S/C13H15NO2/c1-16-10-12(11-6-3-2-4-7-11)14-9-5-8-13(14)15/h2-8,12H,9-10H2,1H3/t12-/m0/s1. The third-order valence-corrected chi connectivity index (χ3v) is 2.73. The van der Waals surface area contributed by atoms with Crippen molar-refractivity contribution in [2.45, 2.75) is 6.04 Å². The van der Waals surface area contributed by atoms with E-state index in [1.165, 1.54) is 0 Å². The number of hydrogen-bond donors (Lipinski definition) is 0. The van der Waals surface area contributed by atoms with Gasteiger partial charge >= 0.3 is 0 Å². The van der Waals surface area contributed by atoms with Crippen molar-refractivity contribution in [2.75, 3.05) is 20.3 Å². The van der Waals surface area contributed by atoms with E-state index in [4.69, 9.17) is 4.74 Å². The molecule has 0 unspecified atom stereocenters. The van der Waals surface area contributed by atoms with Crippen molar-refractivity contribution < 1.29 is 9.53 Å². The SMILES string of the molecule is COC[C@@H](c1ccccc1)N1CC=CC1=O. The summed E-state index contributed by atoms with van der Waals surface area (Å²) in [4.78, 5) is 13.5. The summed E-state index contributed by atoms with van der Waals surface area (Å²) >= 11 is 0. The molecule has 0 spiro atoms.